The summed E-state index contributed by atoms with van der Waals surface area (Å²) in [4.78, 5) is 14.0. The van der Waals surface area contributed by atoms with Crippen molar-refractivity contribution >= 4 is 17.5 Å². The van der Waals surface area contributed by atoms with Gasteiger partial charge in [0, 0.05) is 36.6 Å². The summed E-state index contributed by atoms with van der Waals surface area (Å²) < 4.78 is 13.0. The predicted octanol–water partition coefficient (Wildman–Crippen LogP) is 2.97. The third-order valence-corrected chi connectivity index (χ3v) is 4.64. The van der Waals surface area contributed by atoms with Gasteiger partial charge in [-0.05, 0) is 43.4 Å². The van der Waals surface area contributed by atoms with E-state index in [0.717, 1.165) is 50.9 Å². The normalized spacial score (nSPS) is 20.5. The first-order valence-corrected chi connectivity index (χ1v) is 7.96. The number of likely N-dealkylation sites (tertiary alicyclic amines) is 1. The first-order valence-electron chi connectivity index (χ1n) is 7.58. The molecule has 1 aliphatic heterocycles. The first kappa shape index (κ1) is 14.8. The fraction of sp³-hybridized carbons (Fsp3) is 0.562. The molecule has 2 aliphatic rings. The second kappa shape index (κ2) is 6.32. The van der Waals surface area contributed by atoms with E-state index >= 15 is 0 Å². The Hall–Kier alpha value is -1.13. The molecule has 21 heavy (non-hydrogen) atoms. The van der Waals surface area contributed by atoms with E-state index in [9.17, 15) is 9.18 Å². The molecule has 1 amide bonds. The molecular formula is C16H20ClFN2O. The lowest BCUT2D eigenvalue weighted by Crippen LogP contribution is -2.44. The number of rotatable bonds is 4. The van der Waals surface area contributed by atoms with Gasteiger partial charge in [0.15, 0.2) is 0 Å². The third-order valence-electron chi connectivity index (χ3n) is 4.29. The van der Waals surface area contributed by atoms with Crippen LogP contribution >= 0.6 is 11.6 Å². The molecule has 1 N–H and O–H groups in total. The molecule has 3 nitrogen and oxygen atoms in total. The third kappa shape index (κ3) is 3.95. The molecule has 1 saturated carbocycles. The lowest BCUT2D eigenvalue weighted by Gasteiger charge is -2.32. The minimum Gasteiger partial charge on any atom is -0.353 e. The zero-order valence-electron chi connectivity index (χ0n) is 11.9. The fourth-order valence-electron chi connectivity index (χ4n) is 2.79. The predicted molar refractivity (Wildman–Crippen MR) is 80.6 cm³/mol. The molecule has 0 unspecified atom stereocenters. The number of nitrogens with one attached hydrogen (secondary N) is 1. The van der Waals surface area contributed by atoms with Gasteiger partial charge in [-0.25, -0.2) is 4.39 Å². The Labute approximate surface area is 129 Å². The number of amides is 1. The molecule has 1 aromatic carbocycles. The molecule has 1 aliphatic carbocycles. The Bertz CT molecular complexity index is 525. The number of hydrogen-bond acceptors (Lipinski definition) is 2. The van der Waals surface area contributed by atoms with E-state index in [1.54, 1.807) is 6.07 Å². The highest BCUT2D eigenvalue weighted by molar-refractivity contribution is 6.31. The van der Waals surface area contributed by atoms with Gasteiger partial charge in [-0.1, -0.05) is 17.7 Å². The summed E-state index contributed by atoms with van der Waals surface area (Å²) in [7, 11) is 0. The first-order chi connectivity index (χ1) is 10.1. The van der Waals surface area contributed by atoms with Crippen LogP contribution < -0.4 is 5.32 Å². The summed E-state index contributed by atoms with van der Waals surface area (Å²) in [5, 5.41) is 3.63. The minimum absolute atomic E-state index is 0.232. The fourth-order valence-corrected chi connectivity index (χ4v) is 3.02. The minimum atomic E-state index is -0.301. The zero-order valence-corrected chi connectivity index (χ0v) is 12.7. The maximum absolute atomic E-state index is 13.0. The Balaban J connectivity index is 1.47. The van der Waals surface area contributed by atoms with Gasteiger partial charge in [0.2, 0.25) is 5.91 Å². The van der Waals surface area contributed by atoms with Gasteiger partial charge < -0.3 is 5.32 Å². The molecule has 5 heteroatoms. The molecule has 1 heterocycles. The summed E-state index contributed by atoms with van der Waals surface area (Å²) in [6.07, 6.45) is 4.04. The molecule has 114 valence electrons. The van der Waals surface area contributed by atoms with E-state index in [0.29, 0.717) is 11.1 Å². The van der Waals surface area contributed by atoms with E-state index in [1.165, 1.54) is 12.1 Å². The van der Waals surface area contributed by atoms with Gasteiger partial charge in [0.25, 0.3) is 0 Å². The molecular weight excluding hydrogens is 291 g/mol. The molecule has 0 aromatic heterocycles. The number of piperidine rings is 1. The lowest BCUT2D eigenvalue weighted by molar-refractivity contribution is -0.123. The van der Waals surface area contributed by atoms with Gasteiger partial charge in [-0.3, -0.25) is 9.69 Å². The van der Waals surface area contributed by atoms with Crippen LogP contribution in [-0.2, 0) is 11.3 Å². The van der Waals surface area contributed by atoms with Crippen LogP contribution in [0.25, 0.3) is 0 Å². The van der Waals surface area contributed by atoms with Crippen molar-refractivity contribution in [2.24, 2.45) is 5.92 Å². The Morgan fingerprint density at radius 1 is 1.29 bits per heavy atom. The topological polar surface area (TPSA) is 32.3 Å². The lowest BCUT2D eigenvalue weighted by atomic mass is 10.0. The van der Waals surface area contributed by atoms with Crippen molar-refractivity contribution in [3.05, 3.63) is 34.6 Å². The highest BCUT2D eigenvalue weighted by Crippen LogP contribution is 2.29. The van der Waals surface area contributed by atoms with Crippen molar-refractivity contribution in [2.75, 3.05) is 13.1 Å². The van der Waals surface area contributed by atoms with Crippen molar-refractivity contribution < 1.29 is 9.18 Å². The Kier molecular flexibility index (Phi) is 4.45. The molecule has 2 fully saturated rings. The largest absolute Gasteiger partial charge is 0.353 e. The summed E-state index contributed by atoms with van der Waals surface area (Å²) in [6, 6.07) is 4.86. The molecule has 1 saturated heterocycles. The van der Waals surface area contributed by atoms with E-state index in [1.807, 2.05) is 0 Å². The number of hydrogen-bond donors (Lipinski definition) is 1. The van der Waals surface area contributed by atoms with Crippen LogP contribution in [0, 0.1) is 11.7 Å². The van der Waals surface area contributed by atoms with Crippen LogP contribution in [0.2, 0.25) is 5.02 Å². The second-order valence-electron chi connectivity index (χ2n) is 6.07. The van der Waals surface area contributed by atoms with Gasteiger partial charge in [-0.15, -0.1) is 0 Å². The molecule has 1 aromatic rings. The quantitative estimate of drug-likeness (QED) is 0.927. The van der Waals surface area contributed by atoms with Gasteiger partial charge in [-0.2, -0.15) is 0 Å². The number of carbonyl (C=O) groups excluding carboxylic acids is 1. The summed E-state index contributed by atoms with van der Waals surface area (Å²) >= 11 is 6.06. The monoisotopic (exact) mass is 310 g/mol. The SMILES string of the molecule is O=C(NC1CCN(Cc2ccc(F)cc2Cl)CC1)C1CC1. The van der Waals surface area contributed by atoms with E-state index < -0.39 is 0 Å². The van der Waals surface area contributed by atoms with Gasteiger partial charge in [0.05, 0.1) is 0 Å². The maximum Gasteiger partial charge on any atom is 0.223 e. The van der Waals surface area contributed by atoms with Crippen molar-refractivity contribution in [1.29, 1.82) is 0 Å². The highest BCUT2D eigenvalue weighted by Gasteiger charge is 2.31. The average Bonchev–Trinajstić information content (AvgIpc) is 3.28. The molecule has 0 spiro atoms. The number of nitrogens with zero attached hydrogens (tertiary/aromatic N) is 1. The zero-order chi connectivity index (χ0) is 14.8. The average molecular weight is 311 g/mol. The van der Waals surface area contributed by atoms with Gasteiger partial charge >= 0.3 is 0 Å². The van der Waals surface area contributed by atoms with Crippen LogP contribution in [0.3, 0.4) is 0 Å². The maximum atomic E-state index is 13.0. The number of benzene rings is 1. The van der Waals surface area contributed by atoms with Crippen LogP contribution in [0.15, 0.2) is 18.2 Å². The highest BCUT2D eigenvalue weighted by atomic mass is 35.5. The van der Waals surface area contributed by atoms with Crippen molar-refractivity contribution in [3.8, 4) is 0 Å². The van der Waals surface area contributed by atoms with Crippen LogP contribution in [0.4, 0.5) is 4.39 Å². The van der Waals surface area contributed by atoms with Crippen LogP contribution in [0.1, 0.15) is 31.2 Å². The number of halogens is 2. The summed E-state index contributed by atoms with van der Waals surface area (Å²) in [5.74, 6) is 0.210. The second-order valence-corrected chi connectivity index (χ2v) is 6.48. The van der Waals surface area contributed by atoms with E-state index in [4.69, 9.17) is 11.6 Å². The Morgan fingerprint density at radius 2 is 2.00 bits per heavy atom. The van der Waals surface area contributed by atoms with E-state index in [-0.39, 0.29) is 17.6 Å². The standard InChI is InChI=1S/C16H20ClFN2O/c17-15-9-13(18)4-3-12(15)10-20-7-5-14(6-8-20)19-16(21)11-1-2-11/h3-4,9,11,14H,1-2,5-8,10H2,(H,19,21). The van der Waals surface area contributed by atoms with Gasteiger partial charge in [0.1, 0.15) is 5.82 Å². The molecule has 0 atom stereocenters. The van der Waals surface area contributed by atoms with Crippen molar-refractivity contribution in [1.82, 2.24) is 10.2 Å². The number of carbonyl (C=O) groups is 1. The molecule has 3 rings (SSSR count). The van der Waals surface area contributed by atoms with E-state index in [2.05, 4.69) is 10.2 Å². The smallest absolute Gasteiger partial charge is 0.223 e. The van der Waals surface area contributed by atoms with Crippen molar-refractivity contribution in [3.63, 3.8) is 0 Å². The van der Waals surface area contributed by atoms with Crippen molar-refractivity contribution in [2.45, 2.75) is 38.3 Å². The molecule has 0 bridgehead atoms. The van der Waals surface area contributed by atoms with Crippen LogP contribution in [-0.4, -0.2) is 29.9 Å². The summed E-state index contributed by atoms with van der Waals surface area (Å²) in [5.41, 5.74) is 0.957. The molecule has 0 radical (unpaired) electrons. The summed E-state index contributed by atoms with van der Waals surface area (Å²) in [6.45, 7) is 2.61. The Morgan fingerprint density at radius 3 is 2.62 bits per heavy atom. The van der Waals surface area contributed by atoms with Crippen LogP contribution in [0.5, 0.6) is 0 Å².